The number of carbonyl (C=O) groups is 3. The van der Waals surface area contributed by atoms with E-state index in [2.05, 4.69) is 10.7 Å². The number of hydrogen-bond donors (Lipinski definition) is 4. The second-order valence-corrected chi connectivity index (χ2v) is 14.6. The normalized spacial score (nSPS) is 23.4. The molecular formula is C30H57N5O6S. The number of nitrogens with zero attached hydrogens (tertiary/aromatic N) is 2. The van der Waals surface area contributed by atoms with Gasteiger partial charge in [0.2, 0.25) is 27.7 Å². The minimum absolute atomic E-state index is 0.0494. The molecule has 0 radical (unpaired) electrons. The third-order valence-electron chi connectivity index (χ3n) is 8.83. The molecule has 0 bridgehead atoms. The molecule has 0 spiro atoms. The summed E-state index contributed by atoms with van der Waals surface area (Å²) in [4.78, 5) is 41.3. The van der Waals surface area contributed by atoms with Gasteiger partial charge in [-0.25, -0.2) is 18.6 Å². The topological polar surface area (TPSA) is 162 Å². The molecule has 2 aliphatic rings. The second kappa shape index (κ2) is 17.5. The van der Waals surface area contributed by atoms with Crippen LogP contribution in [0.25, 0.3) is 0 Å². The van der Waals surface area contributed by atoms with Crippen LogP contribution in [0.5, 0.6) is 0 Å². The molecule has 5 unspecified atom stereocenters. The fraction of sp³-hybridized carbons (Fsp3) is 0.900. The summed E-state index contributed by atoms with van der Waals surface area (Å²) in [5, 5.41) is 20.7. The van der Waals surface area contributed by atoms with Crippen LogP contribution in [0.4, 0.5) is 0 Å². The molecular weight excluding hydrogens is 558 g/mol. The van der Waals surface area contributed by atoms with E-state index in [1.807, 2.05) is 20.8 Å². The highest BCUT2D eigenvalue weighted by Crippen LogP contribution is 2.35. The van der Waals surface area contributed by atoms with E-state index in [1.165, 1.54) is 6.42 Å². The van der Waals surface area contributed by atoms with E-state index >= 15 is 0 Å². The summed E-state index contributed by atoms with van der Waals surface area (Å²) in [5.74, 6) is -1.81. The van der Waals surface area contributed by atoms with Crippen molar-refractivity contribution in [3.05, 3.63) is 0 Å². The van der Waals surface area contributed by atoms with E-state index in [9.17, 15) is 27.9 Å². The molecule has 5 atom stereocenters. The van der Waals surface area contributed by atoms with Gasteiger partial charge in [-0.15, -0.1) is 0 Å². The van der Waals surface area contributed by atoms with E-state index in [0.717, 1.165) is 38.5 Å². The predicted molar refractivity (Wildman–Crippen MR) is 164 cm³/mol. The maximum atomic E-state index is 13.8. The van der Waals surface area contributed by atoms with Crippen molar-refractivity contribution in [3.8, 4) is 0 Å². The summed E-state index contributed by atoms with van der Waals surface area (Å²) in [6, 6.07) is -0.578. The lowest BCUT2D eigenvalue weighted by atomic mass is 9.79. The Morgan fingerprint density at radius 1 is 0.952 bits per heavy atom. The molecule has 12 heteroatoms. The van der Waals surface area contributed by atoms with Crippen molar-refractivity contribution in [2.24, 2.45) is 28.8 Å². The van der Waals surface area contributed by atoms with Crippen molar-refractivity contribution in [3.63, 3.8) is 0 Å². The van der Waals surface area contributed by atoms with E-state index in [1.54, 1.807) is 23.8 Å². The molecule has 244 valence electrons. The number of hydrazine groups is 1. The maximum Gasteiger partial charge on any atom is 0.236 e. The summed E-state index contributed by atoms with van der Waals surface area (Å²) in [6.45, 7) is 11.2. The quantitative estimate of drug-likeness (QED) is 0.194. The number of amides is 3. The van der Waals surface area contributed by atoms with Crippen LogP contribution in [-0.2, 0) is 24.4 Å². The van der Waals surface area contributed by atoms with E-state index < -0.39 is 39.3 Å². The predicted octanol–water partition coefficient (Wildman–Crippen LogP) is 2.53. The van der Waals surface area contributed by atoms with Crippen LogP contribution in [0.3, 0.4) is 0 Å². The lowest BCUT2D eigenvalue weighted by Crippen LogP contribution is -2.55. The van der Waals surface area contributed by atoms with Crippen molar-refractivity contribution in [2.45, 2.75) is 123 Å². The first-order valence-electron chi connectivity index (χ1n) is 16.1. The first-order valence-corrected chi connectivity index (χ1v) is 17.8. The summed E-state index contributed by atoms with van der Waals surface area (Å²) >= 11 is 0. The van der Waals surface area contributed by atoms with Crippen molar-refractivity contribution in [2.75, 3.05) is 26.2 Å². The van der Waals surface area contributed by atoms with Crippen molar-refractivity contribution < 1.29 is 27.9 Å². The molecule has 3 amide bonds. The first-order chi connectivity index (χ1) is 19.8. The van der Waals surface area contributed by atoms with Gasteiger partial charge in [0, 0.05) is 43.9 Å². The largest absolute Gasteiger partial charge is 0.390 e. The summed E-state index contributed by atoms with van der Waals surface area (Å²) in [5.41, 5.74) is 2.84. The maximum absolute atomic E-state index is 13.8. The van der Waals surface area contributed by atoms with Gasteiger partial charge in [-0.3, -0.25) is 19.8 Å². The number of nitrogens with two attached hydrogens (primary N) is 1. The Morgan fingerprint density at radius 3 is 2.07 bits per heavy atom. The summed E-state index contributed by atoms with van der Waals surface area (Å²) in [6.07, 6.45) is 7.08. The third kappa shape index (κ3) is 11.4. The number of nitrogens with one attached hydrogen (secondary N) is 2. The lowest BCUT2D eigenvalue weighted by Gasteiger charge is -2.37. The molecule has 0 aromatic heterocycles. The zero-order chi connectivity index (χ0) is 31.4. The van der Waals surface area contributed by atoms with Crippen LogP contribution in [0.1, 0.15) is 105 Å². The number of sulfonamides is 1. The highest BCUT2D eigenvalue weighted by atomic mass is 32.2. The smallest absolute Gasteiger partial charge is 0.236 e. The molecule has 2 fully saturated rings. The number of aliphatic hydroxyl groups excluding tert-OH is 1. The number of likely N-dealkylation sites (N-methyl/N-ethyl adjacent to an activating group) is 1. The van der Waals surface area contributed by atoms with Crippen LogP contribution in [0.2, 0.25) is 0 Å². The molecule has 0 aliphatic heterocycles. The Kier molecular flexibility index (Phi) is 15.2. The third-order valence-corrected chi connectivity index (χ3v) is 10.1. The van der Waals surface area contributed by atoms with Crippen LogP contribution in [0.15, 0.2) is 0 Å². The van der Waals surface area contributed by atoms with Gasteiger partial charge in [-0.2, -0.15) is 0 Å². The highest BCUT2D eigenvalue weighted by Gasteiger charge is 2.42. The Bertz CT molecular complexity index is 965. The molecule has 42 heavy (non-hydrogen) atoms. The molecule has 0 aromatic carbocycles. The van der Waals surface area contributed by atoms with Crippen molar-refractivity contribution >= 4 is 27.7 Å². The zero-order valence-electron chi connectivity index (χ0n) is 26.5. The SMILES string of the molecule is CCCN(CCC)C(=O)C1CC(C(=O)NC(CC2CCCCC2)C(O)CN(CC)NC(=O)C(C)C)CC(S(N)(=O)=O)C1. The highest BCUT2D eigenvalue weighted by molar-refractivity contribution is 7.89. The minimum Gasteiger partial charge on any atom is -0.390 e. The lowest BCUT2D eigenvalue weighted by molar-refractivity contribution is -0.138. The molecule has 0 saturated heterocycles. The number of aliphatic hydroxyl groups is 1. The molecule has 5 N–H and O–H groups in total. The molecule has 0 heterocycles. The monoisotopic (exact) mass is 615 g/mol. The van der Waals surface area contributed by atoms with Gasteiger partial charge < -0.3 is 15.3 Å². The van der Waals surface area contributed by atoms with Gasteiger partial charge in [0.15, 0.2) is 0 Å². The average Bonchev–Trinajstić information content (AvgIpc) is 2.95. The van der Waals surface area contributed by atoms with Gasteiger partial charge in [0.05, 0.1) is 17.4 Å². The molecule has 2 rings (SSSR count). The van der Waals surface area contributed by atoms with Crippen LogP contribution in [-0.4, -0.2) is 84.7 Å². The van der Waals surface area contributed by atoms with Crippen LogP contribution in [0, 0.1) is 23.7 Å². The Labute approximate surface area is 253 Å². The van der Waals surface area contributed by atoms with E-state index in [0.29, 0.717) is 32.0 Å². The van der Waals surface area contributed by atoms with Gasteiger partial charge >= 0.3 is 0 Å². The van der Waals surface area contributed by atoms with E-state index in [4.69, 9.17) is 5.14 Å². The van der Waals surface area contributed by atoms with Gasteiger partial charge in [0.25, 0.3) is 0 Å². The van der Waals surface area contributed by atoms with Crippen LogP contribution >= 0.6 is 0 Å². The fourth-order valence-electron chi connectivity index (χ4n) is 6.37. The minimum atomic E-state index is -3.96. The molecule has 0 aromatic rings. The Hall–Kier alpha value is -1.76. The number of hydrogen-bond acceptors (Lipinski definition) is 7. The van der Waals surface area contributed by atoms with Crippen molar-refractivity contribution in [1.82, 2.24) is 20.7 Å². The van der Waals surface area contributed by atoms with Gasteiger partial charge in [-0.05, 0) is 44.4 Å². The van der Waals surface area contributed by atoms with Crippen molar-refractivity contribution in [1.29, 1.82) is 0 Å². The standard InChI is InChI=1S/C30H57N5O6S/c1-6-14-34(15-7-2)30(39)24-17-23(18-25(19-24)42(31,40)41)29(38)32-26(16-22-12-10-9-11-13-22)27(36)20-35(8-3)33-28(37)21(4)5/h21-27,36H,6-20H2,1-5H3,(H,32,38)(H,33,37)(H2,31,40,41). The zero-order valence-corrected chi connectivity index (χ0v) is 27.3. The average molecular weight is 616 g/mol. The molecule has 2 aliphatic carbocycles. The first kappa shape index (κ1) is 36.4. The second-order valence-electron chi connectivity index (χ2n) is 12.7. The number of primary sulfonamides is 1. The fourth-order valence-corrected chi connectivity index (χ4v) is 7.37. The number of carbonyl (C=O) groups excluding carboxylic acids is 3. The number of rotatable bonds is 16. The summed E-state index contributed by atoms with van der Waals surface area (Å²) in [7, 11) is -3.96. The Balaban J connectivity index is 2.25. The molecule has 11 nitrogen and oxygen atoms in total. The van der Waals surface area contributed by atoms with Gasteiger partial charge in [0.1, 0.15) is 0 Å². The molecule has 2 saturated carbocycles. The van der Waals surface area contributed by atoms with Gasteiger partial charge in [-0.1, -0.05) is 66.7 Å². The summed E-state index contributed by atoms with van der Waals surface area (Å²) < 4.78 is 24.9. The van der Waals surface area contributed by atoms with Crippen LogP contribution < -0.4 is 15.9 Å². The van der Waals surface area contributed by atoms with E-state index in [-0.39, 0.29) is 49.4 Å². The Morgan fingerprint density at radius 2 is 1.55 bits per heavy atom.